The molecule has 0 aromatic heterocycles. The van der Waals surface area contributed by atoms with Gasteiger partial charge in [0.2, 0.25) is 0 Å². The van der Waals surface area contributed by atoms with Crippen molar-refractivity contribution >= 4 is 0 Å². The lowest BCUT2D eigenvalue weighted by Crippen LogP contribution is -2.50. The molecule has 0 spiro atoms. The Morgan fingerprint density at radius 1 is 1.31 bits per heavy atom. The van der Waals surface area contributed by atoms with Crippen molar-refractivity contribution in [1.29, 1.82) is 5.26 Å². The first-order chi connectivity index (χ1) is 11.9. The molecule has 2 N–H and O–H groups in total. The predicted octanol–water partition coefficient (Wildman–Crippen LogP) is 3.30. The molecule has 2 aliphatic carbocycles. The van der Waals surface area contributed by atoms with Crippen LogP contribution >= 0.6 is 0 Å². The number of nitriles is 1. The van der Waals surface area contributed by atoms with E-state index in [0.717, 1.165) is 6.42 Å². The minimum absolute atomic E-state index is 0.0179. The van der Waals surface area contributed by atoms with Crippen LogP contribution in [0.5, 0.6) is 0 Å². The van der Waals surface area contributed by atoms with Crippen LogP contribution < -0.4 is 0 Å². The van der Waals surface area contributed by atoms with E-state index in [1.54, 1.807) is 0 Å². The fourth-order valence-corrected chi connectivity index (χ4v) is 5.88. The maximum atomic E-state index is 11.1. The molecule has 3 fully saturated rings. The Hall–Kier alpha value is -0.670. The van der Waals surface area contributed by atoms with Crippen molar-refractivity contribution in [2.24, 2.45) is 39.9 Å². The molecule has 0 radical (unpaired) electrons. The first-order valence-corrected chi connectivity index (χ1v) is 9.97. The van der Waals surface area contributed by atoms with Gasteiger partial charge in [-0.05, 0) is 36.0 Å². The van der Waals surface area contributed by atoms with Gasteiger partial charge in [-0.3, -0.25) is 0 Å². The van der Waals surface area contributed by atoms with Crippen LogP contribution in [-0.4, -0.2) is 35.0 Å². The second-order valence-electron chi connectivity index (χ2n) is 10.6. The number of aliphatic hydroxyl groups excluding tert-OH is 2. The average molecular weight is 366 g/mol. The van der Waals surface area contributed by atoms with E-state index in [-0.39, 0.29) is 35.4 Å². The average Bonchev–Trinajstić information content (AvgIpc) is 3.02. The zero-order chi connectivity index (χ0) is 19.7. The third-order valence-corrected chi connectivity index (χ3v) is 7.82. The van der Waals surface area contributed by atoms with Gasteiger partial charge in [-0.1, -0.05) is 48.5 Å². The van der Waals surface area contributed by atoms with Gasteiger partial charge in [-0.2, -0.15) is 5.26 Å². The lowest BCUT2D eigenvalue weighted by atomic mass is 9.63. The van der Waals surface area contributed by atoms with E-state index >= 15 is 0 Å². The van der Waals surface area contributed by atoms with Crippen molar-refractivity contribution in [2.45, 2.75) is 86.1 Å². The maximum Gasteiger partial charge on any atom is 0.174 e. The molecule has 1 aliphatic heterocycles. The lowest BCUT2D eigenvalue weighted by Gasteiger charge is -2.47. The molecule has 0 aromatic carbocycles. The summed E-state index contributed by atoms with van der Waals surface area (Å²) in [5.74, 6) is 0.808. The first-order valence-electron chi connectivity index (χ1n) is 9.97. The van der Waals surface area contributed by atoms with Gasteiger partial charge in [0.1, 0.15) is 5.41 Å². The van der Waals surface area contributed by atoms with Gasteiger partial charge in [0, 0.05) is 11.3 Å². The Bertz CT molecular complexity index is 594. The van der Waals surface area contributed by atoms with E-state index < -0.39 is 23.4 Å². The standard InChI is InChI=1S/C21H35NO4/c1-11(2)8-20(7,19(4,5)6)17(23)25-15-13-9-21(10-22)14(12(13)3)16(15)26-18(21)24/h11-18,23-24H,8-9H2,1-7H3. The Kier molecular flexibility index (Phi) is 4.76. The first kappa shape index (κ1) is 20.1. The summed E-state index contributed by atoms with van der Waals surface area (Å²) >= 11 is 0. The highest BCUT2D eigenvalue weighted by molar-refractivity contribution is 5.24. The van der Waals surface area contributed by atoms with Crippen LogP contribution in [0, 0.1) is 51.2 Å². The summed E-state index contributed by atoms with van der Waals surface area (Å²) in [5.41, 5.74) is -1.34. The Labute approximate surface area is 157 Å². The predicted molar refractivity (Wildman–Crippen MR) is 97.6 cm³/mol. The highest BCUT2D eigenvalue weighted by Gasteiger charge is 2.73. The molecule has 26 heavy (non-hydrogen) atoms. The summed E-state index contributed by atoms with van der Waals surface area (Å²) < 4.78 is 12.1. The second kappa shape index (κ2) is 6.17. The number of rotatable bonds is 5. The Balaban J connectivity index is 1.83. The van der Waals surface area contributed by atoms with Crippen LogP contribution in [0.4, 0.5) is 0 Å². The van der Waals surface area contributed by atoms with Gasteiger partial charge in [-0.15, -0.1) is 0 Å². The summed E-state index contributed by atoms with van der Waals surface area (Å²) in [5, 5.41) is 31.2. The van der Waals surface area contributed by atoms with E-state index in [9.17, 15) is 15.5 Å². The van der Waals surface area contributed by atoms with E-state index in [4.69, 9.17) is 9.47 Å². The number of nitrogens with zero attached hydrogens (tertiary/aromatic N) is 1. The molecule has 0 aromatic rings. The molecule has 3 rings (SSSR count). The van der Waals surface area contributed by atoms with Crippen LogP contribution in [0.3, 0.4) is 0 Å². The zero-order valence-electron chi connectivity index (χ0n) is 17.2. The Morgan fingerprint density at radius 3 is 2.42 bits per heavy atom. The molecule has 148 valence electrons. The SMILES string of the molecule is CC(C)CC(C)(C(O)OC1C2CC3(C#N)C(O)OC1C3C2C)C(C)(C)C. The fraction of sp³-hybridized carbons (Fsp3) is 0.952. The van der Waals surface area contributed by atoms with Gasteiger partial charge >= 0.3 is 0 Å². The molecular weight excluding hydrogens is 330 g/mol. The zero-order valence-corrected chi connectivity index (χ0v) is 17.2. The van der Waals surface area contributed by atoms with Gasteiger partial charge in [-0.25, -0.2) is 0 Å². The van der Waals surface area contributed by atoms with Crippen LogP contribution in [0.2, 0.25) is 0 Å². The number of ether oxygens (including phenoxy) is 2. The largest absolute Gasteiger partial charge is 0.367 e. The van der Waals surface area contributed by atoms with Crippen molar-refractivity contribution in [3.63, 3.8) is 0 Å². The van der Waals surface area contributed by atoms with Crippen molar-refractivity contribution in [3.05, 3.63) is 0 Å². The van der Waals surface area contributed by atoms with Crippen LogP contribution in [0.1, 0.15) is 61.3 Å². The van der Waals surface area contributed by atoms with E-state index in [1.807, 2.05) is 0 Å². The molecule has 2 saturated carbocycles. The highest BCUT2D eigenvalue weighted by Crippen LogP contribution is 2.66. The van der Waals surface area contributed by atoms with Crippen molar-refractivity contribution < 1.29 is 19.7 Å². The number of hydrogen-bond donors (Lipinski definition) is 2. The number of fused-ring (bicyclic) bond motifs is 1. The van der Waals surface area contributed by atoms with Crippen LogP contribution in [-0.2, 0) is 9.47 Å². The minimum Gasteiger partial charge on any atom is -0.367 e. The summed E-state index contributed by atoms with van der Waals surface area (Å²) in [4.78, 5) is 0. The van der Waals surface area contributed by atoms with Crippen molar-refractivity contribution in [1.82, 2.24) is 0 Å². The molecule has 5 heteroatoms. The summed E-state index contributed by atoms with van der Waals surface area (Å²) in [7, 11) is 0. The third kappa shape index (κ3) is 2.57. The molecule has 9 atom stereocenters. The molecule has 2 bridgehead atoms. The lowest BCUT2D eigenvalue weighted by molar-refractivity contribution is -0.252. The van der Waals surface area contributed by atoms with Gasteiger partial charge in [0.05, 0.1) is 18.3 Å². The van der Waals surface area contributed by atoms with Crippen LogP contribution in [0.25, 0.3) is 0 Å². The molecule has 9 unspecified atom stereocenters. The second-order valence-corrected chi connectivity index (χ2v) is 10.6. The maximum absolute atomic E-state index is 11.1. The number of hydrogen-bond acceptors (Lipinski definition) is 5. The summed E-state index contributed by atoms with van der Waals surface area (Å²) in [6.45, 7) is 15.0. The molecule has 0 amide bonds. The van der Waals surface area contributed by atoms with Gasteiger partial charge in [0.15, 0.2) is 12.6 Å². The topological polar surface area (TPSA) is 82.7 Å². The smallest absolute Gasteiger partial charge is 0.174 e. The minimum atomic E-state index is -1.05. The van der Waals surface area contributed by atoms with Crippen molar-refractivity contribution in [3.8, 4) is 6.07 Å². The number of aliphatic hydroxyl groups is 2. The van der Waals surface area contributed by atoms with Crippen molar-refractivity contribution in [2.75, 3.05) is 0 Å². The molecular formula is C21H35NO4. The van der Waals surface area contributed by atoms with E-state index in [0.29, 0.717) is 12.3 Å². The molecule has 1 heterocycles. The quantitative estimate of drug-likeness (QED) is 0.731. The molecule has 3 aliphatic rings. The summed E-state index contributed by atoms with van der Waals surface area (Å²) in [6, 6.07) is 2.34. The van der Waals surface area contributed by atoms with Gasteiger partial charge in [0.25, 0.3) is 0 Å². The highest BCUT2D eigenvalue weighted by atomic mass is 16.7. The summed E-state index contributed by atoms with van der Waals surface area (Å²) in [6.07, 6.45) is -1.11. The van der Waals surface area contributed by atoms with Gasteiger partial charge < -0.3 is 19.7 Å². The van der Waals surface area contributed by atoms with Crippen LogP contribution in [0.15, 0.2) is 0 Å². The molecule has 5 nitrogen and oxygen atoms in total. The monoisotopic (exact) mass is 365 g/mol. The third-order valence-electron chi connectivity index (χ3n) is 7.82. The normalized spacial score (nSPS) is 45.0. The fourth-order valence-electron chi connectivity index (χ4n) is 5.88. The van der Waals surface area contributed by atoms with E-state index in [1.165, 1.54) is 0 Å². The molecule has 1 saturated heterocycles. The van der Waals surface area contributed by atoms with E-state index in [2.05, 4.69) is 54.5 Å². The Morgan fingerprint density at radius 2 is 1.92 bits per heavy atom.